The van der Waals surface area contributed by atoms with Gasteiger partial charge < -0.3 is 5.32 Å². The molecule has 5 heteroatoms. The van der Waals surface area contributed by atoms with Gasteiger partial charge in [-0.3, -0.25) is 4.79 Å². The molecule has 1 unspecified atom stereocenters. The summed E-state index contributed by atoms with van der Waals surface area (Å²) in [6.45, 7) is 5.50. The van der Waals surface area contributed by atoms with E-state index >= 15 is 0 Å². The molecular weight excluding hydrogens is 208 g/mol. The third kappa shape index (κ3) is 2.67. The lowest BCUT2D eigenvalue weighted by Crippen LogP contribution is -2.20. The van der Waals surface area contributed by atoms with Crippen LogP contribution in [-0.2, 0) is 4.79 Å². The lowest BCUT2D eigenvalue weighted by molar-refractivity contribution is -0.115. The van der Waals surface area contributed by atoms with Gasteiger partial charge in [0.2, 0.25) is 5.91 Å². The molecule has 1 N–H and O–H groups in total. The monoisotopic (exact) mass is 218 g/mol. The van der Waals surface area contributed by atoms with Gasteiger partial charge in [0, 0.05) is 4.88 Å². The zero-order chi connectivity index (χ0) is 10.0. The van der Waals surface area contributed by atoms with E-state index in [0.29, 0.717) is 5.13 Å². The van der Waals surface area contributed by atoms with Crippen LogP contribution in [0.25, 0.3) is 0 Å². The van der Waals surface area contributed by atoms with E-state index in [2.05, 4.69) is 10.3 Å². The molecule has 1 heterocycles. The van der Waals surface area contributed by atoms with Crippen LogP contribution in [0.5, 0.6) is 0 Å². The number of carbonyl (C=O) groups is 1. The Morgan fingerprint density at radius 1 is 1.62 bits per heavy atom. The number of nitrogens with zero attached hydrogens (tertiary/aromatic N) is 1. The normalized spacial score (nSPS) is 12.6. The van der Waals surface area contributed by atoms with Crippen LogP contribution in [0.2, 0.25) is 0 Å². The summed E-state index contributed by atoms with van der Waals surface area (Å²) in [4.78, 5) is 16.4. The largest absolute Gasteiger partial charge is 0.301 e. The van der Waals surface area contributed by atoms with Crippen LogP contribution < -0.4 is 5.32 Å². The fourth-order valence-corrected chi connectivity index (χ4v) is 1.60. The number of amides is 1. The minimum absolute atomic E-state index is 0.213. The van der Waals surface area contributed by atoms with Crippen molar-refractivity contribution in [1.29, 1.82) is 0 Å². The Labute approximate surface area is 86.1 Å². The minimum Gasteiger partial charge on any atom is -0.301 e. The molecule has 1 rings (SSSR count). The molecule has 1 atom stereocenters. The minimum atomic E-state index is -0.524. The summed E-state index contributed by atoms with van der Waals surface area (Å²) in [5, 5.41) is 2.73. The second-order valence-electron chi connectivity index (χ2n) is 2.77. The van der Waals surface area contributed by atoms with Gasteiger partial charge in [-0.25, -0.2) is 4.98 Å². The van der Waals surface area contributed by atoms with Crippen LogP contribution in [0, 0.1) is 13.8 Å². The van der Waals surface area contributed by atoms with E-state index in [1.807, 2.05) is 13.8 Å². The van der Waals surface area contributed by atoms with Crippen molar-refractivity contribution >= 4 is 34.0 Å². The van der Waals surface area contributed by atoms with E-state index in [9.17, 15) is 4.79 Å². The highest BCUT2D eigenvalue weighted by atomic mass is 35.5. The van der Waals surface area contributed by atoms with Crippen molar-refractivity contribution < 1.29 is 4.79 Å². The van der Waals surface area contributed by atoms with Crippen LogP contribution in [0.3, 0.4) is 0 Å². The molecule has 1 amide bonds. The first-order valence-corrected chi connectivity index (χ1v) is 5.15. The van der Waals surface area contributed by atoms with E-state index < -0.39 is 5.38 Å². The maximum absolute atomic E-state index is 11.2. The number of nitrogens with one attached hydrogen (secondary N) is 1. The van der Waals surface area contributed by atoms with Gasteiger partial charge in [-0.2, -0.15) is 0 Å². The van der Waals surface area contributed by atoms with Crippen molar-refractivity contribution in [2.24, 2.45) is 0 Å². The highest BCUT2D eigenvalue weighted by Gasteiger charge is 2.11. The average molecular weight is 219 g/mol. The standard InChI is InChI=1S/C8H11ClN2OS/c1-4(9)7(12)11-8-10-5(2)6(3)13-8/h4H,1-3H3,(H,10,11,12). The number of hydrogen-bond acceptors (Lipinski definition) is 3. The van der Waals surface area contributed by atoms with Crippen LogP contribution in [0.4, 0.5) is 5.13 Å². The SMILES string of the molecule is Cc1nc(NC(=O)C(C)Cl)sc1C. The number of aromatic nitrogens is 1. The lowest BCUT2D eigenvalue weighted by Gasteiger charge is -2.01. The molecule has 0 saturated carbocycles. The molecule has 3 nitrogen and oxygen atoms in total. The maximum Gasteiger partial charge on any atom is 0.243 e. The zero-order valence-electron chi connectivity index (χ0n) is 7.72. The third-order valence-corrected chi connectivity index (χ3v) is 2.81. The molecule has 1 aromatic heterocycles. The highest BCUT2D eigenvalue weighted by Crippen LogP contribution is 2.21. The maximum atomic E-state index is 11.2. The number of aryl methyl sites for hydroxylation is 2. The Hall–Kier alpha value is -0.610. The summed E-state index contributed by atoms with van der Waals surface area (Å²) in [6.07, 6.45) is 0. The van der Waals surface area contributed by atoms with Crippen molar-refractivity contribution in [2.75, 3.05) is 5.32 Å². The summed E-state index contributed by atoms with van der Waals surface area (Å²) in [6, 6.07) is 0. The fourth-order valence-electron chi connectivity index (χ4n) is 0.731. The van der Waals surface area contributed by atoms with Crippen LogP contribution in [0.1, 0.15) is 17.5 Å². The summed E-state index contributed by atoms with van der Waals surface area (Å²) < 4.78 is 0. The van der Waals surface area contributed by atoms with E-state index in [1.54, 1.807) is 6.92 Å². The van der Waals surface area contributed by atoms with Crippen molar-refractivity contribution in [3.63, 3.8) is 0 Å². The van der Waals surface area contributed by atoms with Crippen molar-refractivity contribution in [1.82, 2.24) is 4.98 Å². The predicted octanol–water partition coefficient (Wildman–Crippen LogP) is 2.33. The van der Waals surface area contributed by atoms with E-state index in [0.717, 1.165) is 10.6 Å². The summed E-state index contributed by atoms with van der Waals surface area (Å²) in [5.74, 6) is -0.213. The summed E-state index contributed by atoms with van der Waals surface area (Å²) in [7, 11) is 0. The second-order valence-corrected chi connectivity index (χ2v) is 4.62. The molecule has 0 bridgehead atoms. The Morgan fingerprint density at radius 3 is 2.62 bits per heavy atom. The number of thiazole rings is 1. The molecule has 0 spiro atoms. The van der Waals surface area contributed by atoms with Gasteiger partial charge >= 0.3 is 0 Å². The molecule has 0 aliphatic carbocycles. The van der Waals surface area contributed by atoms with Gasteiger partial charge in [0.05, 0.1) is 5.69 Å². The van der Waals surface area contributed by atoms with E-state index in [1.165, 1.54) is 11.3 Å². The number of rotatable bonds is 2. The van der Waals surface area contributed by atoms with Crippen molar-refractivity contribution in [3.8, 4) is 0 Å². The summed E-state index contributed by atoms with van der Waals surface area (Å²) >= 11 is 7.05. The Bertz CT molecular complexity index is 302. The lowest BCUT2D eigenvalue weighted by atomic mass is 10.4. The van der Waals surface area contributed by atoms with Crippen LogP contribution in [0.15, 0.2) is 0 Å². The van der Waals surface area contributed by atoms with Gasteiger partial charge in [-0.15, -0.1) is 22.9 Å². The number of hydrogen-bond donors (Lipinski definition) is 1. The van der Waals surface area contributed by atoms with Crippen molar-refractivity contribution in [2.45, 2.75) is 26.1 Å². The average Bonchev–Trinajstić information content (AvgIpc) is 2.31. The quantitative estimate of drug-likeness (QED) is 0.775. The number of halogens is 1. The number of carbonyl (C=O) groups excluding carboxylic acids is 1. The molecule has 0 radical (unpaired) electrons. The topological polar surface area (TPSA) is 42.0 Å². The van der Waals surface area contributed by atoms with Gasteiger partial charge in [-0.05, 0) is 20.8 Å². The molecule has 0 aliphatic rings. The molecule has 0 aromatic carbocycles. The molecule has 13 heavy (non-hydrogen) atoms. The molecule has 72 valence electrons. The van der Waals surface area contributed by atoms with Crippen LogP contribution in [-0.4, -0.2) is 16.3 Å². The van der Waals surface area contributed by atoms with E-state index in [4.69, 9.17) is 11.6 Å². The number of anilines is 1. The summed E-state index contributed by atoms with van der Waals surface area (Å²) in [5.41, 5.74) is 0.947. The molecule has 0 aliphatic heterocycles. The number of alkyl halides is 1. The Kier molecular flexibility index (Phi) is 3.27. The molecular formula is C8H11ClN2OS. The first-order chi connectivity index (χ1) is 6.00. The second kappa shape index (κ2) is 4.07. The smallest absolute Gasteiger partial charge is 0.243 e. The Morgan fingerprint density at radius 2 is 2.23 bits per heavy atom. The first-order valence-electron chi connectivity index (χ1n) is 3.89. The highest BCUT2D eigenvalue weighted by molar-refractivity contribution is 7.15. The van der Waals surface area contributed by atoms with Gasteiger partial charge in [0.15, 0.2) is 5.13 Å². The Balaban J connectivity index is 2.70. The first kappa shape index (κ1) is 10.5. The third-order valence-electron chi connectivity index (χ3n) is 1.62. The molecule has 1 aromatic rings. The fraction of sp³-hybridized carbons (Fsp3) is 0.500. The van der Waals surface area contributed by atoms with Crippen LogP contribution >= 0.6 is 22.9 Å². The zero-order valence-corrected chi connectivity index (χ0v) is 9.29. The van der Waals surface area contributed by atoms with E-state index in [-0.39, 0.29) is 5.91 Å². The molecule has 0 fully saturated rings. The van der Waals surface area contributed by atoms with Crippen molar-refractivity contribution in [3.05, 3.63) is 10.6 Å². The molecule has 0 saturated heterocycles. The predicted molar refractivity (Wildman–Crippen MR) is 55.5 cm³/mol. The van der Waals surface area contributed by atoms with Gasteiger partial charge in [0.25, 0.3) is 0 Å². The van der Waals surface area contributed by atoms with Gasteiger partial charge in [0.1, 0.15) is 5.38 Å². The van der Waals surface area contributed by atoms with Gasteiger partial charge in [-0.1, -0.05) is 0 Å².